The van der Waals surface area contributed by atoms with Crippen molar-refractivity contribution in [3.63, 3.8) is 0 Å². The van der Waals surface area contributed by atoms with Gasteiger partial charge in [-0.1, -0.05) is 6.07 Å². The lowest BCUT2D eigenvalue weighted by atomic mass is 9.92. The van der Waals surface area contributed by atoms with E-state index in [1.165, 1.54) is 37.7 Å². The first-order valence-corrected chi connectivity index (χ1v) is 6.74. The van der Waals surface area contributed by atoms with Crippen molar-refractivity contribution in [1.29, 1.82) is 0 Å². The Bertz CT molecular complexity index is 366. The molecule has 2 fully saturated rings. The van der Waals surface area contributed by atoms with Gasteiger partial charge < -0.3 is 10.2 Å². The minimum Gasteiger partial charge on any atom is -0.357 e. The highest BCUT2D eigenvalue weighted by Gasteiger charge is 2.23. The third-order valence-electron chi connectivity index (χ3n) is 3.97. The molecule has 3 rings (SSSR count). The van der Waals surface area contributed by atoms with E-state index in [-0.39, 0.29) is 0 Å². The van der Waals surface area contributed by atoms with Crippen LogP contribution in [-0.4, -0.2) is 24.1 Å². The molecule has 3 nitrogen and oxygen atoms in total. The predicted octanol–water partition coefficient (Wildman–Crippen LogP) is 2.32. The van der Waals surface area contributed by atoms with Crippen molar-refractivity contribution in [1.82, 2.24) is 10.3 Å². The quantitative estimate of drug-likeness (QED) is 0.843. The van der Waals surface area contributed by atoms with Crippen molar-refractivity contribution in [3.8, 4) is 0 Å². The summed E-state index contributed by atoms with van der Waals surface area (Å²) in [7, 11) is 2.16. The lowest BCUT2D eigenvalue weighted by Gasteiger charge is -2.35. The molecule has 1 heterocycles. The number of hydrogen-bond donors (Lipinski definition) is 1. The van der Waals surface area contributed by atoms with Crippen LogP contribution in [0.1, 0.15) is 37.7 Å². The Morgan fingerprint density at radius 2 is 2.12 bits per heavy atom. The zero-order chi connectivity index (χ0) is 11.7. The van der Waals surface area contributed by atoms with E-state index in [2.05, 4.69) is 34.4 Å². The summed E-state index contributed by atoms with van der Waals surface area (Å²) in [6, 6.07) is 5.85. The van der Waals surface area contributed by atoms with E-state index in [1.807, 2.05) is 6.20 Å². The van der Waals surface area contributed by atoms with E-state index < -0.39 is 0 Å². The van der Waals surface area contributed by atoms with E-state index in [0.717, 1.165) is 24.4 Å². The minimum absolute atomic E-state index is 0.720. The minimum atomic E-state index is 0.720. The van der Waals surface area contributed by atoms with Gasteiger partial charge in [-0.2, -0.15) is 0 Å². The Kier molecular flexibility index (Phi) is 3.02. The number of anilines is 1. The number of hydrogen-bond acceptors (Lipinski definition) is 3. The molecule has 1 aromatic rings. The summed E-state index contributed by atoms with van der Waals surface area (Å²) in [5.41, 5.74) is 1.29. The van der Waals surface area contributed by atoms with E-state index in [9.17, 15) is 0 Å². The fraction of sp³-hybridized carbons (Fsp3) is 0.643. The second kappa shape index (κ2) is 4.65. The van der Waals surface area contributed by atoms with Gasteiger partial charge in [-0.3, -0.25) is 0 Å². The summed E-state index contributed by atoms with van der Waals surface area (Å²) in [6.45, 7) is 0.963. The van der Waals surface area contributed by atoms with Crippen molar-refractivity contribution in [3.05, 3.63) is 23.9 Å². The summed E-state index contributed by atoms with van der Waals surface area (Å²) in [5.74, 6) is 1.12. The highest BCUT2D eigenvalue weighted by Crippen LogP contribution is 2.27. The zero-order valence-electron chi connectivity index (χ0n) is 10.5. The first-order chi connectivity index (χ1) is 8.33. The third-order valence-corrected chi connectivity index (χ3v) is 3.97. The lowest BCUT2D eigenvalue weighted by Crippen LogP contribution is -2.37. The van der Waals surface area contributed by atoms with Crippen LogP contribution in [0.5, 0.6) is 0 Å². The van der Waals surface area contributed by atoms with Crippen molar-refractivity contribution in [2.24, 2.45) is 0 Å². The van der Waals surface area contributed by atoms with Crippen LogP contribution < -0.4 is 10.2 Å². The second-order valence-corrected chi connectivity index (χ2v) is 5.38. The summed E-state index contributed by atoms with van der Waals surface area (Å²) >= 11 is 0. The molecule has 0 aromatic carbocycles. The Morgan fingerprint density at radius 3 is 2.65 bits per heavy atom. The van der Waals surface area contributed by atoms with Crippen molar-refractivity contribution in [2.75, 3.05) is 11.9 Å². The van der Waals surface area contributed by atoms with Gasteiger partial charge in [0, 0.05) is 31.9 Å². The van der Waals surface area contributed by atoms with Crippen LogP contribution in [0.3, 0.4) is 0 Å². The van der Waals surface area contributed by atoms with Crippen LogP contribution in [0.15, 0.2) is 18.3 Å². The van der Waals surface area contributed by atoms with Gasteiger partial charge in [-0.15, -0.1) is 0 Å². The molecule has 1 N–H and O–H groups in total. The number of aromatic nitrogens is 1. The SMILES string of the molecule is CN(c1ccc(CNC2CC2)cn1)C1CCC1. The molecular formula is C14H21N3. The molecule has 0 aliphatic heterocycles. The normalized spacial score (nSPS) is 20.1. The van der Waals surface area contributed by atoms with Gasteiger partial charge in [0.05, 0.1) is 0 Å². The van der Waals surface area contributed by atoms with Gasteiger partial charge >= 0.3 is 0 Å². The van der Waals surface area contributed by atoms with Crippen LogP contribution >= 0.6 is 0 Å². The molecule has 0 saturated heterocycles. The molecule has 0 radical (unpaired) electrons. The number of rotatable bonds is 5. The third kappa shape index (κ3) is 2.60. The Morgan fingerprint density at radius 1 is 1.29 bits per heavy atom. The molecule has 0 amide bonds. The maximum Gasteiger partial charge on any atom is 0.128 e. The largest absolute Gasteiger partial charge is 0.357 e. The van der Waals surface area contributed by atoms with Crippen LogP contribution in [0.2, 0.25) is 0 Å². The topological polar surface area (TPSA) is 28.2 Å². The molecule has 1 aromatic heterocycles. The van der Waals surface area contributed by atoms with E-state index in [0.29, 0.717) is 0 Å². The van der Waals surface area contributed by atoms with E-state index >= 15 is 0 Å². The maximum atomic E-state index is 4.57. The molecule has 17 heavy (non-hydrogen) atoms. The Labute approximate surface area is 103 Å². The fourth-order valence-electron chi connectivity index (χ4n) is 2.24. The summed E-state index contributed by atoms with van der Waals surface area (Å²) in [5, 5.41) is 3.51. The molecule has 0 atom stereocenters. The molecule has 92 valence electrons. The zero-order valence-corrected chi connectivity index (χ0v) is 10.5. The second-order valence-electron chi connectivity index (χ2n) is 5.38. The Hall–Kier alpha value is -1.09. The van der Waals surface area contributed by atoms with Crippen molar-refractivity contribution >= 4 is 5.82 Å². The average Bonchev–Trinajstić information content (AvgIpc) is 3.08. The summed E-state index contributed by atoms with van der Waals surface area (Å²) in [4.78, 5) is 6.89. The lowest BCUT2D eigenvalue weighted by molar-refractivity contribution is 0.399. The smallest absolute Gasteiger partial charge is 0.128 e. The molecule has 2 aliphatic rings. The molecular weight excluding hydrogens is 210 g/mol. The number of pyridine rings is 1. The summed E-state index contributed by atoms with van der Waals surface area (Å²) in [6.07, 6.45) is 8.72. The van der Waals surface area contributed by atoms with Crippen molar-refractivity contribution in [2.45, 2.75) is 50.7 Å². The van der Waals surface area contributed by atoms with Gasteiger partial charge in [-0.05, 0) is 43.7 Å². The fourth-order valence-corrected chi connectivity index (χ4v) is 2.24. The van der Waals surface area contributed by atoms with E-state index in [4.69, 9.17) is 0 Å². The number of nitrogens with zero attached hydrogens (tertiary/aromatic N) is 2. The first kappa shape index (κ1) is 11.0. The van der Waals surface area contributed by atoms with Gasteiger partial charge in [0.25, 0.3) is 0 Å². The maximum absolute atomic E-state index is 4.57. The summed E-state index contributed by atoms with van der Waals surface area (Å²) < 4.78 is 0. The van der Waals surface area contributed by atoms with Gasteiger partial charge in [0.1, 0.15) is 5.82 Å². The van der Waals surface area contributed by atoms with Gasteiger partial charge in [0.2, 0.25) is 0 Å². The Balaban J connectivity index is 1.57. The van der Waals surface area contributed by atoms with Crippen LogP contribution in [-0.2, 0) is 6.54 Å². The molecule has 3 heteroatoms. The molecule has 0 unspecified atom stereocenters. The monoisotopic (exact) mass is 231 g/mol. The molecule has 0 bridgehead atoms. The van der Waals surface area contributed by atoms with Gasteiger partial charge in [0.15, 0.2) is 0 Å². The molecule has 0 spiro atoms. The van der Waals surface area contributed by atoms with Crippen LogP contribution in [0, 0.1) is 0 Å². The molecule has 2 aliphatic carbocycles. The van der Waals surface area contributed by atoms with Crippen LogP contribution in [0.25, 0.3) is 0 Å². The predicted molar refractivity (Wildman–Crippen MR) is 70.1 cm³/mol. The van der Waals surface area contributed by atoms with Gasteiger partial charge in [-0.25, -0.2) is 4.98 Å². The highest BCUT2D eigenvalue weighted by molar-refractivity contribution is 5.40. The van der Waals surface area contributed by atoms with Crippen LogP contribution in [0.4, 0.5) is 5.82 Å². The number of nitrogens with one attached hydrogen (secondary N) is 1. The average molecular weight is 231 g/mol. The first-order valence-electron chi connectivity index (χ1n) is 6.74. The molecule has 2 saturated carbocycles. The van der Waals surface area contributed by atoms with E-state index in [1.54, 1.807) is 0 Å². The standard InChI is InChI=1S/C14H21N3/c1-17(13-3-2-4-13)14-8-5-11(10-16-14)9-15-12-6-7-12/h5,8,10,12-13,15H,2-4,6-7,9H2,1H3. The van der Waals surface area contributed by atoms with Crippen molar-refractivity contribution < 1.29 is 0 Å². The highest BCUT2D eigenvalue weighted by atomic mass is 15.2.